The molecule has 1 aliphatic rings. The molecule has 10 nitrogen and oxygen atoms in total. The van der Waals surface area contributed by atoms with Crippen molar-refractivity contribution in [1.82, 2.24) is 25.3 Å². The van der Waals surface area contributed by atoms with Crippen molar-refractivity contribution < 1.29 is 23.9 Å². The molecule has 1 saturated heterocycles. The molecule has 50 heavy (non-hydrogen) atoms. The molecule has 0 bridgehead atoms. The van der Waals surface area contributed by atoms with Crippen LogP contribution in [0.3, 0.4) is 0 Å². The topological polar surface area (TPSA) is 111 Å². The predicted molar refractivity (Wildman–Crippen MR) is 205 cm³/mol. The number of hydrogen-bond donors (Lipinski definition) is 2. The van der Waals surface area contributed by atoms with Crippen LogP contribution in [0.4, 0.5) is 0 Å². The van der Waals surface area contributed by atoms with Crippen LogP contribution >= 0.6 is 11.8 Å². The summed E-state index contributed by atoms with van der Waals surface area (Å²) in [4.78, 5) is 60.3. The van der Waals surface area contributed by atoms with Crippen LogP contribution in [0.15, 0.2) is 30.3 Å². The number of nitrogens with zero attached hydrogens (tertiary/aromatic N) is 3. The number of benzene rings is 1. The average molecular weight is 718 g/mol. The number of carbonyl (C=O) groups excluding carboxylic acids is 4. The van der Waals surface area contributed by atoms with E-state index in [-0.39, 0.29) is 71.2 Å². The predicted octanol–water partition coefficient (Wildman–Crippen LogP) is 4.85. The molecule has 0 saturated carbocycles. The van der Waals surface area contributed by atoms with Crippen molar-refractivity contribution in [2.45, 2.75) is 123 Å². The zero-order valence-corrected chi connectivity index (χ0v) is 33.6. The van der Waals surface area contributed by atoms with Crippen LogP contribution in [-0.4, -0.2) is 121 Å². The second-order valence-electron chi connectivity index (χ2n) is 14.8. The van der Waals surface area contributed by atoms with E-state index >= 15 is 0 Å². The van der Waals surface area contributed by atoms with E-state index in [0.717, 1.165) is 31.4 Å². The summed E-state index contributed by atoms with van der Waals surface area (Å²) >= 11 is 1.74. The molecule has 2 N–H and O–H groups in total. The Morgan fingerprint density at radius 1 is 0.980 bits per heavy atom. The highest BCUT2D eigenvalue weighted by atomic mass is 32.2. The summed E-state index contributed by atoms with van der Waals surface area (Å²) in [5, 5.41) is 6.14. The Bertz CT molecular complexity index is 1190. The van der Waals surface area contributed by atoms with E-state index in [0.29, 0.717) is 19.5 Å². The summed E-state index contributed by atoms with van der Waals surface area (Å²) < 4.78 is 6.04. The molecule has 0 spiro atoms. The van der Waals surface area contributed by atoms with Gasteiger partial charge in [-0.2, -0.15) is 11.8 Å². The molecule has 1 aromatic rings. The third-order valence-corrected chi connectivity index (χ3v) is 11.4. The first kappa shape index (κ1) is 43.5. The molecule has 1 fully saturated rings. The highest BCUT2D eigenvalue weighted by Gasteiger charge is 2.41. The van der Waals surface area contributed by atoms with E-state index in [2.05, 4.69) is 43.5 Å². The molecule has 1 aliphatic heterocycles. The maximum atomic E-state index is 14.2. The van der Waals surface area contributed by atoms with Gasteiger partial charge in [-0.05, 0) is 62.4 Å². The van der Waals surface area contributed by atoms with E-state index < -0.39 is 12.1 Å². The van der Waals surface area contributed by atoms with Gasteiger partial charge in [-0.25, -0.2) is 0 Å². The van der Waals surface area contributed by atoms with E-state index in [1.54, 1.807) is 30.8 Å². The van der Waals surface area contributed by atoms with Crippen molar-refractivity contribution in [3.05, 3.63) is 35.9 Å². The lowest BCUT2D eigenvalue weighted by Crippen LogP contribution is -2.59. The number of hydrogen-bond acceptors (Lipinski definition) is 7. The third kappa shape index (κ3) is 12.5. The second-order valence-corrected chi connectivity index (χ2v) is 16.3. The fourth-order valence-corrected chi connectivity index (χ4v) is 8.58. The van der Waals surface area contributed by atoms with E-state index in [4.69, 9.17) is 4.74 Å². The number of likely N-dealkylation sites (N-methyl/N-ethyl adjacent to an activating group) is 2. The van der Waals surface area contributed by atoms with Gasteiger partial charge in [-0.15, -0.1) is 0 Å². The number of likely N-dealkylation sites (tertiary alicyclic amines) is 1. The molecule has 11 heteroatoms. The molecule has 1 aromatic carbocycles. The quantitative estimate of drug-likeness (QED) is 0.187. The third-order valence-electron chi connectivity index (χ3n) is 10.2. The summed E-state index contributed by atoms with van der Waals surface area (Å²) in [6, 6.07) is 8.60. The summed E-state index contributed by atoms with van der Waals surface area (Å²) in [6.07, 6.45) is 3.24. The molecule has 1 heterocycles. The minimum absolute atomic E-state index is 0.00831. The largest absolute Gasteiger partial charge is 0.379 e. The van der Waals surface area contributed by atoms with Crippen molar-refractivity contribution in [2.24, 2.45) is 17.8 Å². The molecule has 0 aromatic heterocycles. The van der Waals surface area contributed by atoms with Crippen LogP contribution in [-0.2, 0) is 30.3 Å². The number of rotatable bonds is 21. The van der Waals surface area contributed by atoms with Crippen LogP contribution in [0.5, 0.6) is 0 Å². The van der Waals surface area contributed by atoms with E-state index in [1.807, 2.05) is 69.8 Å². The Kier molecular flexibility index (Phi) is 18.9. The lowest BCUT2D eigenvalue weighted by Gasteiger charge is -2.41. The number of ether oxygens (including phenoxy) is 1. The molecular formula is C39H67N5O5S. The fraction of sp³-hybridized carbons (Fsp3) is 0.744. The van der Waals surface area contributed by atoms with Crippen molar-refractivity contribution in [3.8, 4) is 0 Å². The first-order chi connectivity index (χ1) is 23.7. The van der Waals surface area contributed by atoms with Gasteiger partial charge < -0.3 is 25.2 Å². The maximum absolute atomic E-state index is 14.2. The first-order valence-electron chi connectivity index (χ1n) is 18.7. The SMILES string of the molecule is CCSC(CC(=O)NCCc1ccccc1)C1CCCN1C(=O)CC(OC)C(C(C)CC)N(C)C(=O)C(NC(=O)C(C(C)C)N(C)C)C(C)C. The standard InChI is InChI=1S/C39H67N5O5S/c1-12-28(7)37(43(10)39(48)35(26(3)4)41-38(47)36(27(5)6)42(8)9)31(49-11)24-34(46)44-23-17-20-30(44)32(50-13-2)25-33(45)40-22-21-29-18-15-14-16-19-29/h14-16,18-19,26-28,30-32,35-37H,12-13,17,20-25H2,1-11H3,(H,40,45)(H,41,47). The molecule has 0 radical (unpaired) electrons. The first-order valence-corrected chi connectivity index (χ1v) is 19.7. The van der Waals surface area contributed by atoms with E-state index in [1.165, 1.54) is 5.56 Å². The lowest BCUT2D eigenvalue weighted by molar-refractivity contribution is -0.146. The van der Waals surface area contributed by atoms with E-state index in [9.17, 15) is 19.2 Å². The number of methoxy groups -OCH3 is 1. The highest BCUT2D eigenvalue weighted by molar-refractivity contribution is 7.99. The monoisotopic (exact) mass is 717 g/mol. The molecular weight excluding hydrogens is 651 g/mol. The Labute approximate surface area is 307 Å². The number of amides is 4. The highest BCUT2D eigenvalue weighted by Crippen LogP contribution is 2.32. The van der Waals surface area contributed by atoms with Crippen molar-refractivity contribution in [2.75, 3.05) is 47.1 Å². The smallest absolute Gasteiger partial charge is 0.245 e. The van der Waals surface area contributed by atoms with Gasteiger partial charge in [0.1, 0.15) is 6.04 Å². The van der Waals surface area contributed by atoms with Crippen molar-refractivity contribution >= 4 is 35.4 Å². The Balaban J connectivity index is 2.20. The van der Waals surface area contributed by atoms with Crippen LogP contribution < -0.4 is 10.6 Å². The molecule has 7 atom stereocenters. The van der Waals surface area contributed by atoms with Gasteiger partial charge in [-0.3, -0.25) is 24.1 Å². The maximum Gasteiger partial charge on any atom is 0.245 e. The second kappa shape index (κ2) is 21.7. The van der Waals surface area contributed by atoms with Gasteiger partial charge >= 0.3 is 0 Å². The Morgan fingerprint density at radius 3 is 2.18 bits per heavy atom. The number of carbonyl (C=O) groups is 4. The number of thioether (sulfide) groups is 1. The molecule has 4 amide bonds. The molecule has 7 unspecified atom stereocenters. The minimum Gasteiger partial charge on any atom is -0.379 e. The zero-order valence-electron chi connectivity index (χ0n) is 32.7. The van der Waals surface area contributed by atoms with Crippen LogP contribution in [0.25, 0.3) is 0 Å². The molecule has 0 aliphatic carbocycles. The van der Waals surface area contributed by atoms with Crippen molar-refractivity contribution in [3.63, 3.8) is 0 Å². The summed E-state index contributed by atoms with van der Waals surface area (Å²) in [7, 11) is 7.12. The Morgan fingerprint density at radius 2 is 1.64 bits per heavy atom. The number of nitrogens with one attached hydrogen (secondary N) is 2. The van der Waals surface area contributed by atoms with Gasteiger partial charge in [0.2, 0.25) is 23.6 Å². The van der Waals surface area contributed by atoms with Gasteiger partial charge in [0, 0.05) is 45.0 Å². The van der Waals surface area contributed by atoms with Gasteiger partial charge in [0.15, 0.2) is 0 Å². The van der Waals surface area contributed by atoms with Crippen LogP contribution in [0.1, 0.15) is 86.1 Å². The van der Waals surface area contributed by atoms with Gasteiger partial charge in [0.25, 0.3) is 0 Å². The Hall–Kier alpha value is -2.63. The molecule has 2 rings (SSSR count). The molecule has 284 valence electrons. The lowest BCUT2D eigenvalue weighted by atomic mass is 9.89. The van der Waals surface area contributed by atoms with Gasteiger partial charge in [-0.1, -0.05) is 85.2 Å². The fourth-order valence-electron chi connectivity index (χ4n) is 7.38. The average Bonchev–Trinajstić information content (AvgIpc) is 3.56. The summed E-state index contributed by atoms with van der Waals surface area (Å²) in [5.41, 5.74) is 1.18. The van der Waals surface area contributed by atoms with Crippen LogP contribution in [0, 0.1) is 17.8 Å². The van der Waals surface area contributed by atoms with Crippen molar-refractivity contribution in [1.29, 1.82) is 0 Å². The van der Waals surface area contributed by atoms with Gasteiger partial charge in [0.05, 0.1) is 24.6 Å². The summed E-state index contributed by atoms with van der Waals surface area (Å²) in [5.74, 6) is 0.449. The summed E-state index contributed by atoms with van der Waals surface area (Å²) in [6.45, 7) is 15.3. The normalized spacial score (nSPS) is 18.4. The van der Waals surface area contributed by atoms with Crippen LogP contribution in [0.2, 0.25) is 0 Å². The minimum atomic E-state index is -0.720. The zero-order chi connectivity index (χ0) is 37.5.